The van der Waals surface area contributed by atoms with Crippen molar-refractivity contribution in [2.45, 2.75) is 13.0 Å². The van der Waals surface area contributed by atoms with Gasteiger partial charge in [0, 0.05) is 12.5 Å². The maximum atomic E-state index is 12.8. The first-order chi connectivity index (χ1) is 14.7. The van der Waals surface area contributed by atoms with Crippen LogP contribution in [0.3, 0.4) is 0 Å². The molecule has 11 heteroatoms. The Balaban J connectivity index is 2.21. The highest BCUT2D eigenvalue weighted by molar-refractivity contribution is 7.90. The molecule has 2 aromatic heterocycles. The molecular formula is C20H23N3O7S. The fraction of sp³-hybridized carbons (Fsp3) is 0.350. The Morgan fingerprint density at radius 2 is 1.97 bits per heavy atom. The lowest BCUT2D eigenvalue weighted by Crippen LogP contribution is -2.28. The van der Waals surface area contributed by atoms with E-state index in [4.69, 9.17) is 9.47 Å². The third-order valence-corrected chi connectivity index (χ3v) is 5.54. The first-order valence-electron chi connectivity index (χ1n) is 9.35. The van der Waals surface area contributed by atoms with Gasteiger partial charge in [-0.3, -0.25) is 4.57 Å². The quantitative estimate of drug-likeness (QED) is 0.513. The second-order valence-electron chi connectivity index (χ2n) is 6.84. The van der Waals surface area contributed by atoms with Gasteiger partial charge in [0.15, 0.2) is 17.1 Å². The molecule has 0 unspecified atom stereocenters. The molecule has 0 aliphatic rings. The standard InChI is InChI=1S/C20H23N3O7S/c1-5-30-17-9-12(6-7-16(17)28-2)15(11-31(4,26)27)23-18-14(22-20(23)25)8-13(10-21-18)19(24)29-3/h6-10,15H,5,11H2,1-4H3,(H,22,25)/t15-/m1/s1. The SMILES string of the molecule is CCOc1cc([C@@H](CS(C)(=O)=O)n2c(=O)[nH]c3cc(C(=O)OC)cnc32)ccc1OC. The van der Waals surface area contributed by atoms with Gasteiger partial charge in [-0.15, -0.1) is 0 Å². The molecule has 2 heterocycles. The van der Waals surface area contributed by atoms with Crippen LogP contribution in [0.2, 0.25) is 0 Å². The fourth-order valence-electron chi connectivity index (χ4n) is 3.31. The van der Waals surface area contributed by atoms with Gasteiger partial charge in [-0.25, -0.2) is 23.0 Å². The van der Waals surface area contributed by atoms with Crippen molar-refractivity contribution in [2.75, 3.05) is 32.8 Å². The van der Waals surface area contributed by atoms with Gasteiger partial charge in [-0.1, -0.05) is 6.07 Å². The largest absolute Gasteiger partial charge is 0.493 e. The molecule has 0 radical (unpaired) electrons. The number of methoxy groups -OCH3 is 2. The highest BCUT2D eigenvalue weighted by Crippen LogP contribution is 2.32. The first-order valence-corrected chi connectivity index (χ1v) is 11.4. The average molecular weight is 449 g/mol. The van der Waals surface area contributed by atoms with E-state index in [1.54, 1.807) is 18.2 Å². The topological polar surface area (TPSA) is 130 Å². The summed E-state index contributed by atoms with van der Waals surface area (Å²) in [4.78, 5) is 31.5. The van der Waals surface area contributed by atoms with E-state index >= 15 is 0 Å². The second-order valence-corrected chi connectivity index (χ2v) is 9.02. The maximum absolute atomic E-state index is 12.8. The van der Waals surface area contributed by atoms with Crippen LogP contribution in [0.5, 0.6) is 11.5 Å². The number of benzene rings is 1. The van der Waals surface area contributed by atoms with E-state index in [2.05, 4.69) is 14.7 Å². The van der Waals surface area contributed by atoms with Crippen LogP contribution in [0.25, 0.3) is 11.2 Å². The molecule has 31 heavy (non-hydrogen) atoms. The molecule has 0 fully saturated rings. The Hall–Kier alpha value is -3.34. The highest BCUT2D eigenvalue weighted by atomic mass is 32.2. The fourth-order valence-corrected chi connectivity index (χ4v) is 4.22. The monoisotopic (exact) mass is 449 g/mol. The van der Waals surface area contributed by atoms with Gasteiger partial charge >= 0.3 is 11.7 Å². The number of H-pyrrole nitrogens is 1. The van der Waals surface area contributed by atoms with Crippen LogP contribution in [0.15, 0.2) is 35.3 Å². The number of nitrogens with one attached hydrogen (secondary N) is 1. The van der Waals surface area contributed by atoms with Crippen molar-refractivity contribution in [1.82, 2.24) is 14.5 Å². The third-order valence-electron chi connectivity index (χ3n) is 4.62. The lowest BCUT2D eigenvalue weighted by molar-refractivity contribution is 0.0600. The summed E-state index contributed by atoms with van der Waals surface area (Å²) in [6.07, 6.45) is 2.37. The molecule has 0 saturated carbocycles. The van der Waals surface area contributed by atoms with Crippen molar-refractivity contribution in [2.24, 2.45) is 0 Å². The van der Waals surface area contributed by atoms with Crippen LogP contribution in [0.1, 0.15) is 28.9 Å². The number of carbonyl (C=O) groups is 1. The molecule has 166 valence electrons. The molecule has 3 rings (SSSR count). The van der Waals surface area contributed by atoms with Crippen LogP contribution < -0.4 is 15.2 Å². The summed E-state index contributed by atoms with van der Waals surface area (Å²) in [5.74, 6) is -0.0455. The van der Waals surface area contributed by atoms with Crippen LogP contribution in [0, 0.1) is 0 Å². The lowest BCUT2D eigenvalue weighted by atomic mass is 10.1. The molecule has 10 nitrogen and oxygen atoms in total. The van der Waals surface area contributed by atoms with Gasteiger partial charge in [0.1, 0.15) is 9.84 Å². The predicted octanol–water partition coefficient (Wildman–Crippen LogP) is 1.55. The average Bonchev–Trinajstić information content (AvgIpc) is 3.05. The second kappa shape index (κ2) is 8.80. The van der Waals surface area contributed by atoms with Crippen molar-refractivity contribution in [3.8, 4) is 11.5 Å². The summed E-state index contributed by atoms with van der Waals surface area (Å²) in [6, 6.07) is 5.51. The number of hydrogen-bond donors (Lipinski definition) is 1. The Bertz CT molecular complexity index is 1280. The molecule has 0 bridgehead atoms. The number of pyridine rings is 1. The van der Waals surface area contributed by atoms with E-state index in [-0.39, 0.29) is 22.5 Å². The zero-order chi connectivity index (χ0) is 22.8. The Morgan fingerprint density at radius 3 is 2.58 bits per heavy atom. The Morgan fingerprint density at radius 1 is 1.23 bits per heavy atom. The zero-order valence-electron chi connectivity index (χ0n) is 17.5. The number of hydrogen-bond acceptors (Lipinski definition) is 8. The van der Waals surface area contributed by atoms with E-state index in [1.807, 2.05) is 6.92 Å². The number of imidazole rings is 1. The normalized spacial score (nSPS) is 12.5. The summed E-state index contributed by atoms with van der Waals surface area (Å²) in [5, 5.41) is 0. The number of aromatic nitrogens is 3. The number of sulfone groups is 1. The van der Waals surface area contributed by atoms with Gasteiger partial charge < -0.3 is 19.2 Å². The van der Waals surface area contributed by atoms with E-state index in [0.29, 0.717) is 23.7 Å². The van der Waals surface area contributed by atoms with Crippen molar-refractivity contribution in [3.63, 3.8) is 0 Å². The van der Waals surface area contributed by atoms with E-state index in [9.17, 15) is 18.0 Å². The molecule has 0 aliphatic carbocycles. The Labute approximate surface area is 178 Å². The molecule has 1 aromatic carbocycles. The number of aromatic amines is 1. The summed E-state index contributed by atoms with van der Waals surface area (Å²) in [6.45, 7) is 2.19. The van der Waals surface area contributed by atoms with Crippen molar-refractivity contribution in [3.05, 3.63) is 52.1 Å². The minimum Gasteiger partial charge on any atom is -0.493 e. The number of esters is 1. The highest BCUT2D eigenvalue weighted by Gasteiger charge is 2.26. The van der Waals surface area contributed by atoms with Crippen molar-refractivity contribution < 1.29 is 27.4 Å². The van der Waals surface area contributed by atoms with E-state index < -0.39 is 27.5 Å². The van der Waals surface area contributed by atoms with Gasteiger partial charge in [-0.2, -0.15) is 0 Å². The Kier molecular flexibility index (Phi) is 6.34. The van der Waals surface area contributed by atoms with E-state index in [1.165, 1.54) is 31.0 Å². The number of ether oxygens (including phenoxy) is 3. The zero-order valence-corrected chi connectivity index (χ0v) is 18.4. The van der Waals surface area contributed by atoms with Crippen molar-refractivity contribution in [1.29, 1.82) is 0 Å². The molecule has 0 saturated heterocycles. The number of nitrogens with zero attached hydrogens (tertiary/aromatic N) is 2. The minimum atomic E-state index is -3.50. The molecule has 0 amide bonds. The van der Waals surface area contributed by atoms with Gasteiger partial charge in [0.05, 0.1) is 43.7 Å². The van der Waals surface area contributed by atoms with Crippen LogP contribution in [-0.4, -0.2) is 61.8 Å². The van der Waals surface area contributed by atoms with Crippen LogP contribution in [-0.2, 0) is 14.6 Å². The molecule has 3 aromatic rings. The van der Waals surface area contributed by atoms with Crippen LogP contribution in [0.4, 0.5) is 0 Å². The van der Waals surface area contributed by atoms with Crippen LogP contribution >= 0.6 is 0 Å². The molecular weight excluding hydrogens is 426 g/mol. The van der Waals surface area contributed by atoms with Gasteiger partial charge in [0.25, 0.3) is 0 Å². The summed E-state index contributed by atoms with van der Waals surface area (Å²) >= 11 is 0. The minimum absolute atomic E-state index is 0.158. The van der Waals surface area contributed by atoms with Gasteiger partial charge in [-0.05, 0) is 30.7 Å². The first kappa shape index (κ1) is 22.3. The summed E-state index contributed by atoms with van der Waals surface area (Å²) in [7, 11) is -0.760. The van der Waals surface area contributed by atoms with E-state index in [0.717, 1.165) is 6.26 Å². The molecule has 1 N–H and O–H groups in total. The number of fused-ring (bicyclic) bond motifs is 1. The smallest absolute Gasteiger partial charge is 0.339 e. The summed E-state index contributed by atoms with van der Waals surface area (Å²) in [5.41, 5.74) is 0.611. The van der Waals surface area contributed by atoms with Gasteiger partial charge in [0.2, 0.25) is 0 Å². The molecule has 0 aliphatic heterocycles. The molecule has 0 spiro atoms. The maximum Gasteiger partial charge on any atom is 0.339 e. The summed E-state index contributed by atoms with van der Waals surface area (Å²) < 4.78 is 41.3. The molecule has 1 atom stereocenters. The van der Waals surface area contributed by atoms with Crippen molar-refractivity contribution >= 4 is 27.0 Å². The lowest BCUT2D eigenvalue weighted by Gasteiger charge is -2.20. The number of carbonyl (C=O) groups excluding carboxylic acids is 1. The number of rotatable bonds is 8. The third kappa shape index (κ3) is 4.71. The predicted molar refractivity (Wildman–Crippen MR) is 114 cm³/mol.